The van der Waals surface area contributed by atoms with Crippen molar-refractivity contribution in [1.82, 2.24) is 10.0 Å². The van der Waals surface area contributed by atoms with Crippen molar-refractivity contribution in [3.63, 3.8) is 0 Å². The summed E-state index contributed by atoms with van der Waals surface area (Å²) in [6.07, 6.45) is 7.80. The molecule has 1 fully saturated rings. The molecule has 1 aliphatic carbocycles. The molecule has 0 amide bonds. The van der Waals surface area contributed by atoms with Gasteiger partial charge in [-0.1, -0.05) is 37.8 Å². The third-order valence-corrected chi connectivity index (χ3v) is 5.76. The predicted octanol–water partition coefficient (Wildman–Crippen LogP) is 2.42. The predicted molar refractivity (Wildman–Crippen MR) is 91.8 cm³/mol. The van der Waals surface area contributed by atoms with Crippen LogP contribution in [0.2, 0.25) is 0 Å². The molecule has 2 N–H and O–H groups in total. The maximum atomic E-state index is 12.1. The molecule has 0 aromatic heterocycles. The molecular weight excluding hydrogens is 312 g/mol. The summed E-state index contributed by atoms with van der Waals surface area (Å²) in [6, 6.07) is 7.69. The SMILES string of the molecule is COCCNS(=O)(=O)c1ccc(CNC2CCCCCC2)cc1. The van der Waals surface area contributed by atoms with Crippen LogP contribution < -0.4 is 10.0 Å². The summed E-state index contributed by atoms with van der Waals surface area (Å²) in [7, 11) is -1.89. The Labute approximate surface area is 139 Å². The maximum Gasteiger partial charge on any atom is 0.240 e. The Kier molecular flexibility index (Phi) is 7.49. The zero-order valence-electron chi connectivity index (χ0n) is 13.9. The number of hydrogen-bond donors (Lipinski definition) is 2. The van der Waals surface area contributed by atoms with E-state index in [0.29, 0.717) is 17.5 Å². The van der Waals surface area contributed by atoms with Crippen molar-refractivity contribution in [2.24, 2.45) is 0 Å². The molecule has 0 heterocycles. The summed E-state index contributed by atoms with van der Waals surface area (Å²) < 4.78 is 31.5. The van der Waals surface area contributed by atoms with E-state index in [1.165, 1.54) is 38.5 Å². The van der Waals surface area contributed by atoms with Crippen LogP contribution in [0, 0.1) is 0 Å². The lowest BCUT2D eigenvalue weighted by molar-refractivity contribution is 0.204. The van der Waals surface area contributed by atoms with Crippen molar-refractivity contribution >= 4 is 10.0 Å². The molecule has 1 saturated carbocycles. The second-order valence-corrected chi connectivity index (χ2v) is 7.87. The van der Waals surface area contributed by atoms with Gasteiger partial charge in [-0.25, -0.2) is 13.1 Å². The third kappa shape index (κ3) is 6.22. The highest BCUT2D eigenvalue weighted by Gasteiger charge is 2.14. The normalized spacial score (nSPS) is 17.1. The van der Waals surface area contributed by atoms with E-state index in [0.717, 1.165) is 12.1 Å². The fourth-order valence-corrected chi connectivity index (χ4v) is 3.91. The summed E-state index contributed by atoms with van der Waals surface area (Å²) in [4.78, 5) is 0.298. The summed E-state index contributed by atoms with van der Waals surface area (Å²) in [5, 5.41) is 3.60. The molecule has 1 aromatic rings. The van der Waals surface area contributed by atoms with Crippen molar-refractivity contribution in [3.8, 4) is 0 Å². The lowest BCUT2D eigenvalue weighted by atomic mass is 10.1. The first kappa shape index (κ1) is 18.4. The Balaban J connectivity index is 1.86. The topological polar surface area (TPSA) is 67.4 Å². The molecule has 2 rings (SSSR count). The van der Waals surface area contributed by atoms with Gasteiger partial charge in [-0.3, -0.25) is 0 Å². The van der Waals surface area contributed by atoms with Gasteiger partial charge in [0.25, 0.3) is 0 Å². The zero-order chi connectivity index (χ0) is 16.5. The quantitative estimate of drug-likeness (QED) is 0.563. The Hall–Kier alpha value is -0.950. The summed E-state index contributed by atoms with van der Waals surface area (Å²) in [6.45, 7) is 1.44. The number of methoxy groups -OCH3 is 1. The summed E-state index contributed by atoms with van der Waals surface area (Å²) >= 11 is 0. The number of sulfonamides is 1. The molecule has 0 aliphatic heterocycles. The Bertz CT molecular complexity index is 550. The fraction of sp³-hybridized carbons (Fsp3) is 0.647. The van der Waals surface area contributed by atoms with E-state index in [4.69, 9.17) is 4.74 Å². The molecule has 6 heteroatoms. The number of benzene rings is 1. The molecule has 0 bridgehead atoms. The first-order valence-corrected chi connectivity index (χ1v) is 9.91. The van der Waals surface area contributed by atoms with E-state index in [1.807, 2.05) is 12.1 Å². The van der Waals surface area contributed by atoms with Crippen LogP contribution in [0.1, 0.15) is 44.1 Å². The average Bonchev–Trinajstić information content (AvgIpc) is 2.82. The molecule has 0 unspecified atom stereocenters. The van der Waals surface area contributed by atoms with Crippen LogP contribution in [0.3, 0.4) is 0 Å². The smallest absolute Gasteiger partial charge is 0.240 e. The minimum Gasteiger partial charge on any atom is -0.383 e. The van der Waals surface area contributed by atoms with Crippen LogP contribution >= 0.6 is 0 Å². The molecule has 0 spiro atoms. The molecule has 1 aromatic carbocycles. The first-order valence-electron chi connectivity index (χ1n) is 8.43. The lowest BCUT2D eigenvalue weighted by Crippen LogP contribution is -2.28. The second kappa shape index (κ2) is 9.37. The van der Waals surface area contributed by atoms with Gasteiger partial charge < -0.3 is 10.1 Å². The fourth-order valence-electron chi connectivity index (χ4n) is 2.89. The van der Waals surface area contributed by atoms with Gasteiger partial charge in [0, 0.05) is 26.2 Å². The van der Waals surface area contributed by atoms with Crippen LogP contribution in [-0.2, 0) is 21.3 Å². The van der Waals surface area contributed by atoms with E-state index < -0.39 is 10.0 Å². The summed E-state index contributed by atoms with van der Waals surface area (Å²) in [5.41, 5.74) is 1.12. The van der Waals surface area contributed by atoms with Crippen molar-refractivity contribution < 1.29 is 13.2 Å². The van der Waals surface area contributed by atoms with Crippen LogP contribution in [0.25, 0.3) is 0 Å². The van der Waals surface area contributed by atoms with Crippen molar-refractivity contribution in [2.75, 3.05) is 20.3 Å². The highest BCUT2D eigenvalue weighted by molar-refractivity contribution is 7.89. The minimum atomic E-state index is -3.44. The zero-order valence-corrected chi connectivity index (χ0v) is 14.7. The van der Waals surface area contributed by atoms with Gasteiger partial charge in [-0.15, -0.1) is 0 Å². The highest BCUT2D eigenvalue weighted by atomic mass is 32.2. The molecule has 130 valence electrons. The molecule has 23 heavy (non-hydrogen) atoms. The molecule has 0 saturated heterocycles. The summed E-state index contributed by atoms with van der Waals surface area (Å²) in [5.74, 6) is 0. The van der Waals surface area contributed by atoms with Gasteiger partial charge in [-0.05, 0) is 30.5 Å². The van der Waals surface area contributed by atoms with E-state index in [-0.39, 0.29) is 6.54 Å². The van der Waals surface area contributed by atoms with E-state index in [1.54, 1.807) is 19.2 Å². The highest BCUT2D eigenvalue weighted by Crippen LogP contribution is 2.18. The van der Waals surface area contributed by atoms with Gasteiger partial charge in [0.2, 0.25) is 10.0 Å². The van der Waals surface area contributed by atoms with Crippen LogP contribution in [0.15, 0.2) is 29.2 Å². The van der Waals surface area contributed by atoms with Gasteiger partial charge >= 0.3 is 0 Å². The molecule has 0 atom stereocenters. The number of rotatable bonds is 8. The van der Waals surface area contributed by atoms with E-state index >= 15 is 0 Å². The largest absolute Gasteiger partial charge is 0.383 e. The molecule has 0 radical (unpaired) electrons. The molecular formula is C17H28N2O3S. The van der Waals surface area contributed by atoms with E-state index in [2.05, 4.69) is 10.0 Å². The van der Waals surface area contributed by atoms with Gasteiger partial charge in [-0.2, -0.15) is 0 Å². The third-order valence-electron chi connectivity index (χ3n) is 4.28. The number of nitrogens with one attached hydrogen (secondary N) is 2. The van der Waals surface area contributed by atoms with Crippen molar-refractivity contribution in [1.29, 1.82) is 0 Å². The number of ether oxygens (including phenoxy) is 1. The molecule has 1 aliphatic rings. The Morgan fingerprint density at radius 3 is 2.35 bits per heavy atom. The first-order chi connectivity index (χ1) is 11.1. The lowest BCUT2D eigenvalue weighted by Gasteiger charge is -2.16. The van der Waals surface area contributed by atoms with Crippen LogP contribution in [-0.4, -0.2) is 34.7 Å². The van der Waals surface area contributed by atoms with Gasteiger partial charge in [0.05, 0.1) is 11.5 Å². The van der Waals surface area contributed by atoms with Crippen LogP contribution in [0.4, 0.5) is 0 Å². The van der Waals surface area contributed by atoms with Crippen molar-refractivity contribution in [2.45, 2.75) is 56.0 Å². The van der Waals surface area contributed by atoms with Crippen molar-refractivity contribution in [3.05, 3.63) is 29.8 Å². The van der Waals surface area contributed by atoms with Gasteiger partial charge in [0.15, 0.2) is 0 Å². The average molecular weight is 340 g/mol. The maximum absolute atomic E-state index is 12.1. The number of hydrogen-bond acceptors (Lipinski definition) is 4. The Morgan fingerprint density at radius 2 is 1.74 bits per heavy atom. The van der Waals surface area contributed by atoms with E-state index in [9.17, 15) is 8.42 Å². The minimum absolute atomic E-state index is 0.282. The van der Waals surface area contributed by atoms with Gasteiger partial charge in [0.1, 0.15) is 0 Å². The van der Waals surface area contributed by atoms with Crippen LogP contribution in [0.5, 0.6) is 0 Å². The second-order valence-electron chi connectivity index (χ2n) is 6.10. The standard InChI is InChI=1S/C17H28N2O3S/c1-22-13-12-19-23(20,21)17-10-8-15(9-11-17)14-18-16-6-4-2-3-5-7-16/h8-11,16,18-19H,2-7,12-14H2,1H3. The Morgan fingerprint density at radius 1 is 1.09 bits per heavy atom. The molecule has 5 nitrogen and oxygen atoms in total. The monoisotopic (exact) mass is 340 g/mol.